The van der Waals surface area contributed by atoms with E-state index in [-0.39, 0.29) is 0 Å². The Morgan fingerprint density at radius 2 is 1.23 bits per heavy atom. The normalized spacial score (nSPS) is 13.1. The minimum Gasteiger partial charge on any atom is -0.341 e. The van der Waals surface area contributed by atoms with Crippen molar-refractivity contribution in [2.75, 3.05) is 23.3 Å². The first-order chi connectivity index (χ1) is 21.5. The van der Waals surface area contributed by atoms with Gasteiger partial charge < -0.3 is 10.2 Å². The van der Waals surface area contributed by atoms with E-state index in [4.69, 9.17) is 4.98 Å². The molecular formula is C36H42N8. The van der Waals surface area contributed by atoms with Crippen LogP contribution in [-0.2, 0) is 19.9 Å². The zero-order chi connectivity index (χ0) is 30.6. The molecule has 1 fully saturated rings. The van der Waals surface area contributed by atoms with Crippen LogP contribution in [0.5, 0.6) is 0 Å². The third-order valence-electron chi connectivity index (χ3n) is 7.24. The Hall–Kier alpha value is -4.98. The maximum absolute atomic E-state index is 4.74. The number of rotatable bonds is 10. The third-order valence-corrected chi connectivity index (χ3v) is 7.24. The van der Waals surface area contributed by atoms with Crippen LogP contribution in [0.25, 0.3) is 12.2 Å². The Morgan fingerprint density at radius 3 is 1.77 bits per heavy atom. The predicted molar refractivity (Wildman–Crippen MR) is 181 cm³/mol. The number of anilines is 3. The molecule has 5 aromatic rings. The molecule has 3 aromatic carbocycles. The Bertz CT molecular complexity index is 1610. The van der Waals surface area contributed by atoms with Gasteiger partial charge in [0.1, 0.15) is 0 Å². The van der Waals surface area contributed by atoms with Gasteiger partial charge in [0.2, 0.25) is 11.9 Å². The lowest BCUT2D eigenvalue weighted by atomic mass is 10.1. The third kappa shape index (κ3) is 8.77. The van der Waals surface area contributed by atoms with E-state index in [9.17, 15) is 0 Å². The molecule has 3 heterocycles. The van der Waals surface area contributed by atoms with E-state index in [1.54, 1.807) is 4.68 Å². The summed E-state index contributed by atoms with van der Waals surface area (Å²) >= 11 is 0. The van der Waals surface area contributed by atoms with E-state index in [0.717, 1.165) is 49.3 Å². The minimum absolute atomic E-state index is 0.333. The molecule has 0 radical (unpaired) electrons. The first-order valence-electron chi connectivity index (χ1n) is 15.4. The van der Waals surface area contributed by atoms with E-state index in [1.807, 2.05) is 78.5 Å². The number of para-hydroxylation sites is 1. The van der Waals surface area contributed by atoms with E-state index in [2.05, 4.69) is 87.8 Å². The topological polar surface area (TPSA) is 76.7 Å². The average Bonchev–Trinajstić information content (AvgIpc) is 3.80. The van der Waals surface area contributed by atoms with Crippen LogP contribution >= 0.6 is 0 Å². The lowest BCUT2D eigenvalue weighted by molar-refractivity contribution is 0.527. The van der Waals surface area contributed by atoms with Gasteiger partial charge in [0.05, 0.1) is 6.04 Å². The second kappa shape index (κ2) is 15.5. The quantitative estimate of drug-likeness (QED) is 0.182. The molecule has 0 atom stereocenters. The number of aryl methyl sites for hydroxylation is 1. The summed E-state index contributed by atoms with van der Waals surface area (Å²) in [4.78, 5) is 11.6. The number of benzene rings is 3. The smallest absolute Gasteiger partial charge is 0.225 e. The Balaban J connectivity index is 0.000000175. The molecule has 1 aliphatic heterocycles. The number of hydrogen-bond donors (Lipinski definition) is 1. The monoisotopic (exact) mass is 586 g/mol. The SMILES string of the molecule is CC(C)n1nc(/C=C/Cc2ccccc2)nc1N1CCCC1.Cn1nc(/C=C/Cc2ccccc2)nc1Nc1ccccc1. The molecule has 1 N–H and O–H groups in total. The molecule has 8 heteroatoms. The molecule has 44 heavy (non-hydrogen) atoms. The summed E-state index contributed by atoms with van der Waals surface area (Å²) in [7, 11) is 1.88. The number of nitrogens with zero attached hydrogens (tertiary/aromatic N) is 7. The summed E-state index contributed by atoms with van der Waals surface area (Å²) in [6, 6.07) is 31.1. The summed E-state index contributed by atoms with van der Waals surface area (Å²) in [5.74, 6) is 3.26. The second-order valence-electron chi connectivity index (χ2n) is 11.1. The lowest BCUT2D eigenvalue weighted by Gasteiger charge is -2.18. The zero-order valence-corrected chi connectivity index (χ0v) is 25.9. The molecule has 1 aliphatic rings. The van der Waals surface area contributed by atoms with Crippen LogP contribution in [0.3, 0.4) is 0 Å². The van der Waals surface area contributed by atoms with E-state index < -0.39 is 0 Å². The number of aromatic nitrogens is 6. The van der Waals surface area contributed by atoms with Crippen molar-refractivity contribution in [3.8, 4) is 0 Å². The number of hydrogen-bond acceptors (Lipinski definition) is 6. The minimum atomic E-state index is 0.333. The van der Waals surface area contributed by atoms with Crippen LogP contribution in [0.4, 0.5) is 17.6 Å². The molecule has 0 spiro atoms. The van der Waals surface area contributed by atoms with Crippen LogP contribution in [0, 0.1) is 0 Å². The molecule has 8 nitrogen and oxygen atoms in total. The lowest BCUT2D eigenvalue weighted by Crippen LogP contribution is -2.23. The summed E-state index contributed by atoms with van der Waals surface area (Å²) in [5, 5.41) is 12.3. The maximum Gasteiger partial charge on any atom is 0.225 e. The molecular weight excluding hydrogens is 544 g/mol. The molecule has 6 rings (SSSR count). The van der Waals surface area contributed by atoms with Gasteiger partial charge in [-0.25, -0.2) is 9.36 Å². The van der Waals surface area contributed by atoms with Crippen LogP contribution in [0.1, 0.15) is 55.5 Å². The van der Waals surface area contributed by atoms with Crippen molar-refractivity contribution in [1.82, 2.24) is 29.5 Å². The van der Waals surface area contributed by atoms with E-state index in [1.165, 1.54) is 24.0 Å². The van der Waals surface area contributed by atoms with Crippen molar-refractivity contribution in [2.24, 2.45) is 7.05 Å². The van der Waals surface area contributed by atoms with Gasteiger partial charge in [-0.05, 0) is 74.9 Å². The van der Waals surface area contributed by atoms with Gasteiger partial charge in [0, 0.05) is 25.8 Å². The standard InChI is InChI=1S/C18H24N4.C18H18N4/c1-15(2)22-18(21-13-6-7-14-21)19-17(20-22)12-8-11-16-9-4-3-5-10-16;1-22-18(19-16-12-6-3-7-13-16)20-17(21-22)14-8-11-15-9-4-2-5-10-15/h3-5,8-10,12,15H,6-7,11,13-14H2,1-2H3;2-10,12-14H,11H2,1H3,(H,19,20,21)/b12-8+;14-8+. The van der Waals surface area contributed by atoms with Gasteiger partial charge in [-0.3, -0.25) is 0 Å². The van der Waals surface area contributed by atoms with Gasteiger partial charge in [0.15, 0.2) is 11.6 Å². The van der Waals surface area contributed by atoms with Gasteiger partial charge in [-0.1, -0.05) is 91.0 Å². The molecule has 0 amide bonds. The van der Waals surface area contributed by atoms with Gasteiger partial charge in [0.25, 0.3) is 0 Å². The van der Waals surface area contributed by atoms with Crippen LogP contribution in [0.2, 0.25) is 0 Å². The summed E-state index contributed by atoms with van der Waals surface area (Å²) in [6.45, 7) is 6.51. The zero-order valence-electron chi connectivity index (χ0n) is 25.9. The van der Waals surface area contributed by atoms with Crippen molar-refractivity contribution in [1.29, 1.82) is 0 Å². The summed E-state index contributed by atoms with van der Waals surface area (Å²) < 4.78 is 3.79. The van der Waals surface area contributed by atoms with Crippen LogP contribution in [-0.4, -0.2) is 42.6 Å². The first-order valence-corrected chi connectivity index (χ1v) is 15.4. The second-order valence-corrected chi connectivity index (χ2v) is 11.1. The summed E-state index contributed by atoms with van der Waals surface area (Å²) in [5.41, 5.74) is 3.58. The largest absolute Gasteiger partial charge is 0.341 e. The van der Waals surface area contributed by atoms with Crippen molar-refractivity contribution >= 4 is 29.7 Å². The Kier molecular flexibility index (Phi) is 10.7. The van der Waals surface area contributed by atoms with Gasteiger partial charge >= 0.3 is 0 Å². The number of allylic oxidation sites excluding steroid dienone is 2. The molecule has 0 unspecified atom stereocenters. The first kappa shape index (κ1) is 30.5. The highest BCUT2D eigenvalue weighted by atomic mass is 15.5. The molecule has 0 bridgehead atoms. The van der Waals surface area contributed by atoms with Crippen LogP contribution < -0.4 is 10.2 Å². The molecule has 1 saturated heterocycles. The molecule has 0 saturated carbocycles. The highest BCUT2D eigenvalue weighted by Crippen LogP contribution is 2.22. The fourth-order valence-electron chi connectivity index (χ4n) is 4.94. The molecule has 2 aromatic heterocycles. The van der Waals surface area contributed by atoms with Crippen molar-refractivity contribution in [3.05, 3.63) is 126 Å². The molecule has 226 valence electrons. The number of nitrogens with one attached hydrogen (secondary N) is 1. The highest BCUT2D eigenvalue weighted by molar-refractivity contribution is 5.54. The maximum atomic E-state index is 4.74. The average molecular weight is 587 g/mol. The summed E-state index contributed by atoms with van der Waals surface area (Å²) in [6.07, 6.45) is 12.5. The fraction of sp³-hybridized carbons (Fsp3) is 0.278. The van der Waals surface area contributed by atoms with Crippen LogP contribution in [0.15, 0.2) is 103 Å². The highest BCUT2D eigenvalue weighted by Gasteiger charge is 2.20. The van der Waals surface area contributed by atoms with Crippen molar-refractivity contribution in [2.45, 2.75) is 45.6 Å². The van der Waals surface area contributed by atoms with Gasteiger partial charge in [-0.15, -0.1) is 5.10 Å². The fourth-order valence-corrected chi connectivity index (χ4v) is 4.94. The van der Waals surface area contributed by atoms with Crippen molar-refractivity contribution < 1.29 is 0 Å². The molecule has 0 aliphatic carbocycles. The Morgan fingerprint density at radius 1 is 0.705 bits per heavy atom. The van der Waals surface area contributed by atoms with E-state index in [0.29, 0.717) is 11.9 Å². The Labute approximate surface area is 260 Å². The van der Waals surface area contributed by atoms with Crippen molar-refractivity contribution in [3.63, 3.8) is 0 Å². The predicted octanol–water partition coefficient (Wildman–Crippen LogP) is 7.53. The van der Waals surface area contributed by atoms with E-state index >= 15 is 0 Å². The van der Waals surface area contributed by atoms with Gasteiger partial charge in [-0.2, -0.15) is 15.1 Å².